The lowest BCUT2D eigenvalue weighted by molar-refractivity contribution is -0.108. The molecule has 1 aliphatic heterocycles. The highest BCUT2D eigenvalue weighted by molar-refractivity contribution is 5.98. The molecule has 1 aromatic heterocycles. The largest absolute Gasteiger partial charge is 0.489 e. The first-order chi connectivity index (χ1) is 16.0. The summed E-state index contributed by atoms with van der Waals surface area (Å²) in [4.78, 5) is 41.1. The zero-order chi connectivity index (χ0) is 23.2. The van der Waals surface area contributed by atoms with Gasteiger partial charge in [0, 0.05) is 36.6 Å². The smallest absolute Gasteiger partial charge is 0.321 e. The third-order valence-electron chi connectivity index (χ3n) is 5.25. The van der Waals surface area contributed by atoms with Crippen molar-refractivity contribution < 1.29 is 23.5 Å². The molecule has 2 aromatic carbocycles. The zero-order valence-corrected chi connectivity index (χ0v) is 17.5. The first-order valence-corrected chi connectivity index (χ1v) is 10.2. The SMILES string of the molecule is O=CNC(=O)N[C@@H](CN1Cc2cc(OCc3cccnc3)ccc2C1=O)c1ccc(F)cc1. The Kier molecular flexibility index (Phi) is 6.58. The van der Waals surface area contributed by atoms with Crippen LogP contribution in [0.5, 0.6) is 5.75 Å². The van der Waals surface area contributed by atoms with Crippen molar-refractivity contribution in [3.8, 4) is 5.75 Å². The summed E-state index contributed by atoms with van der Waals surface area (Å²) in [6.45, 7) is 0.816. The highest BCUT2D eigenvalue weighted by atomic mass is 19.1. The van der Waals surface area contributed by atoms with Crippen LogP contribution in [0.25, 0.3) is 0 Å². The fraction of sp³-hybridized carbons (Fsp3) is 0.167. The van der Waals surface area contributed by atoms with Crippen molar-refractivity contribution in [2.24, 2.45) is 0 Å². The zero-order valence-electron chi connectivity index (χ0n) is 17.5. The number of hydrogen-bond donors (Lipinski definition) is 2. The Hall–Kier alpha value is -4.27. The van der Waals surface area contributed by atoms with E-state index in [4.69, 9.17) is 4.74 Å². The predicted molar refractivity (Wildman–Crippen MR) is 117 cm³/mol. The highest BCUT2D eigenvalue weighted by Crippen LogP contribution is 2.29. The van der Waals surface area contributed by atoms with E-state index in [0.717, 1.165) is 11.1 Å². The van der Waals surface area contributed by atoms with Crippen LogP contribution < -0.4 is 15.4 Å². The Bertz CT molecular complexity index is 1150. The van der Waals surface area contributed by atoms with Crippen LogP contribution in [0.1, 0.15) is 33.1 Å². The van der Waals surface area contributed by atoms with E-state index in [2.05, 4.69) is 10.3 Å². The molecule has 0 saturated heterocycles. The van der Waals surface area contributed by atoms with Gasteiger partial charge in [0.05, 0.1) is 6.04 Å². The molecule has 1 atom stereocenters. The molecule has 0 aliphatic carbocycles. The number of nitrogens with one attached hydrogen (secondary N) is 2. The van der Waals surface area contributed by atoms with Gasteiger partial charge < -0.3 is 15.0 Å². The lowest BCUT2D eigenvalue weighted by Crippen LogP contribution is -2.42. The average molecular weight is 448 g/mol. The van der Waals surface area contributed by atoms with Gasteiger partial charge in [-0.1, -0.05) is 18.2 Å². The molecule has 9 heteroatoms. The molecule has 0 spiro atoms. The third-order valence-corrected chi connectivity index (χ3v) is 5.25. The number of fused-ring (bicyclic) bond motifs is 1. The summed E-state index contributed by atoms with van der Waals surface area (Å²) in [7, 11) is 0. The molecule has 168 valence electrons. The van der Waals surface area contributed by atoms with Gasteiger partial charge in [0.2, 0.25) is 6.41 Å². The van der Waals surface area contributed by atoms with Crippen LogP contribution in [0.15, 0.2) is 67.0 Å². The number of amides is 4. The molecule has 2 heterocycles. The van der Waals surface area contributed by atoms with Crippen molar-refractivity contribution in [2.45, 2.75) is 19.2 Å². The summed E-state index contributed by atoms with van der Waals surface area (Å²) >= 11 is 0. The normalized spacial score (nSPS) is 13.2. The van der Waals surface area contributed by atoms with Gasteiger partial charge in [0.1, 0.15) is 18.2 Å². The summed E-state index contributed by atoms with van der Waals surface area (Å²) in [5, 5.41) is 4.67. The number of nitrogens with zero attached hydrogens (tertiary/aromatic N) is 2. The monoisotopic (exact) mass is 448 g/mol. The van der Waals surface area contributed by atoms with Gasteiger partial charge in [-0.15, -0.1) is 0 Å². The Morgan fingerprint density at radius 1 is 1.21 bits per heavy atom. The van der Waals surface area contributed by atoms with Crippen LogP contribution in [0, 0.1) is 5.82 Å². The molecule has 2 N–H and O–H groups in total. The molecular weight excluding hydrogens is 427 g/mol. The van der Waals surface area contributed by atoms with Crippen molar-refractivity contribution in [2.75, 3.05) is 6.54 Å². The van der Waals surface area contributed by atoms with Crippen LogP contribution in [-0.4, -0.2) is 34.8 Å². The minimum absolute atomic E-state index is 0.136. The van der Waals surface area contributed by atoms with Gasteiger partial charge in [-0.05, 0) is 47.5 Å². The molecule has 4 rings (SSSR count). The topological polar surface area (TPSA) is 101 Å². The van der Waals surface area contributed by atoms with E-state index in [0.29, 0.717) is 30.0 Å². The van der Waals surface area contributed by atoms with Gasteiger partial charge >= 0.3 is 6.03 Å². The van der Waals surface area contributed by atoms with E-state index in [1.807, 2.05) is 23.5 Å². The fourth-order valence-corrected chi connectivity index (χ4v) is 3.65. The van der Waals surface area contributed by atoms with Crippen molar-refractivity contribution in [3.63, 3.8) is 0 Å². The molecule has 3 aromatic rings. The number of carbonyl (C=O) groups is 3. The van der Waals surface area contributed by atoms with Crippen molar-refractivity contribution in [1.29, 1.82) is 0 Å². The van der Waals surface area contributed by atoms with Gasteiger partial charge in [0.25, 0.3) is 5.91 Å². The van der Waals surface area contributed by atoms with Crippen molar-refractivity contribution >= 4 is 18.3 Å². The standard InChI is InChI=1S/C24H21FN4O4/c25-19-5-3-17(4-6-19)22(28-24(32)27-15-30)13-29-12-18-10-20(7-8-21(18)23(29)31)33-14-16-2-1-9-26-11-16/h1-11,15,22H,12-14H2,(H2,27,28,30,32)/t22-/m0/s1. The minimum atomic E-state index is -0.713. The van der Waals surface area contributed by atoms with Gasteiger partial charge in [0.15, 0.2) is 0 Å². The van der Waals surface area contributed by atoms with Crippen LogP contribution in [0.2, 0.25) is 0 Å². The second-order valence-electron chi connectivity index (χ2n) is 7.49. The number of halogens is 1. The van der Waals surface area contributed by atoms with Gasteiger partial charge in [-0.25, -0.2) is 9.18 Å². The number of imide groups is 1. The molecule has 0 fully saturated rings. The lowest BCUT2D eigenvalue weighted by atomic mass is 10.1. The van der Waals surface area contributed by atoms with E-state index in [9.17, 15) is 18.8 Å². The third kappa shape index (κ3) is 5.32. The second-order valence-corrected chi connectivity index (χ2v) is 7.49. The van der Waals surface area contributed by atoms with E-state index >= 15 is 0 Å². The molecule has 4 amide bonds. The maximum absolute atomic E-state index is 13.4. The quantitative estimate of drug-likeness (QED) is 0.516. The Morgan fingerprint density at radius 3 is 2.76 bits per heavy atom. The van der Waals surface area contributed by atoms with Gasteiger partial charge in [-0.2, -0.15) is 0 Å². The van der Waals surface area contributed by atoms with E-state index < -0.39 is 17.9 Å². The summed E-state index contributed by atoms with van der Waals surface area (Å²) in [5.74, 6) is 0.0256. The first kappa shape index (κ1) is 21.9. The number of pyridine rings is 1. The predicted octanol–water partition coefficient (Wildman–Crippen LogP) is 2.95. The molecule has 0 unspecified atom stereocenters. The molecular formula is C24H21FN4O4. The Balaban J connectivity index is 1.47. The number of benzene rings is 2. The molecule has 8 nitrogen and oxygen atoms in total. The average Bonchev–Trinajstić information content (AvgIpc) is 3.13. The number of rotatable bonds is 8. The van der Waals surface area contributed by atoms with Crippen molar-refractivity contribution in [1.82, 2.24) is 20.5 Å². The molecule has 0 saturated carbocycles. The van der Waals surface area contributed by atoms with Crippen LogP contribution in [0.3, 0.4) is 0 Å². The van der Waals surface area contributed by atoms with Crippen LogP contribution >= 0.6 is 0 Å². The van der Waals surface area contributed by atoms with Crippen LogP contribution in [-0.2, 0) is 17.9 Å². The maximum Gasteiger partial charge on any atom is 0.321 e. The first-order valence-electron chi connectivity index (χ1n) is 10.2. The van der Waals surface area contributed by atoms with Crippen LogP contribution in [0.4, 0.5) is 9.18 Å². The van der Waals surface area contributed by atoms with E-state index in [1.54, 1.807) is 29.4 Å². The summed E-state index contributed by atoms with van der Waals surface area (Å²) < 4.78 is 19.2. The number of urea groups is 1. The minimum Gasteiger partial charge on any atom is -0.489 e. The summed E-state index contributed by atoms with van der Waals surface area (Å²) in [6.07, 6.45) is 3.68. The molecule has 0 bridgehead atoms. The fourth-order valence-electron chi connectivity index (χ4n) is 3.65. The lowest BCUT2D eigenvalue weighted by Gasteiger charge is -2.25. The molecule has 33 heavy (non-hydrogen) atoms. The van der Waals surface area contributed by atoms with E-state index in [-0.39, 0.29) is 18.9 Å². The molecule has 1 aliphatic rings. The van der Waals surface area contributed by atoms with Gasteiger partial charge in [-0.3, -0.25) is 19.9 Å². The number of hydrogen-bond acceptors (Lipinski definition) is 5. The summed E-state index contributed by atoms with van der Waals surface area (Å²) in [6, 6.07) is 13.3. The number of ether oxygens (including phenoxy) is 1. The Morgan fingerprint density at radius 2 is 2.03 bits per heavy atom. The van der Waals surface area contributed by atoms with Crippen molar-refractivity contribution in [3.05, 3.63) is 95.1 Å². The molecule has 0 radical (unpaired) electrons. The summed E-state index contributed by atoms with van der Waals surface area (Å²) in [5.41, 5.74) is 2.89. The second kappa shape index (κ2) is 9.90. The maximum atomic E-state index is 13.4. The Labute approximate surface area is 189 Å². The number of aromatic nitrogens is 1. The van der Waals surface area contributed by atoms with E-state index in [1.165, 1.54) is 24.3 Å². The highest BCUT2D eigenvalue weighted by Gasteiger charge is 2.30. The number of carbonyl (C=O) groups excluding carboxylic acids is 3.